The quantitative estimate of drug-likeness (QED) is 0.455. The average molecular weight is 370 g/mol. The number of esters is 1. The molecule has 0 N–H and O–H groups in total. The minimum atomic E-state index is -0.396. The van der Waals surface area contributed by atoms with Crippen molar-refractivity contribution in [1.82, 2.24) is 0 Å². The van der Waals surface area contributed by atoms with Gasteiger partial charge in [0.1, 0.15) is 6.61 Å². The van der Waals surface area contributed by atoms with E-state index in [-0.39, 0.29) is 24.3 Å². The van der Waals surface area contributed by atoms with Crippen LogP contribution < -0.4 is 0 Å². The fourth-order valence-corrected chi connectivity index (χ4v) is 3.99. The molecule has 1 unspecified atom stereocenters. The molecule has 0 bridgehead atoms. The third kappa shape index (κ3) is 3.89. The largest absolute Gasteiger partial charge is 0.460 e. The van der Waals surface area contributed by atoms with Gasteiger partial charge in [-0.25, -0.2) is 0 Å². The topological polar surface area (TPSA) is 43.4 Å². The number of carbonyl (C=O) groups is 2. The highest BCUT2D eigenvalue weighted by atomic mass is 16.5. The van der Waals surface area contributed by atoms with Crippen molar-refractivity contribution in [1.29, 1.82) is 0 Å². The van der Waals surface area contributed by atoms with Crippen LogP contribution in [0.3, 0.4) is 0 Å². The van der Waals surface area contributed by atoms with Crippen molar-refractivity contribution in [3.63, 3.8) is 0 Å². The van der Waals surface area contributed by atoms with Gasteiger partial charge in [0.05, 0.1) is 5.92 Å². The van der Waals surface area contributed by atoms with Crippen molar-refractivity contribution >= 4 is 11.8 Å². The maximum absolute atomic E-state index is 13.0. The highest BCUT2D eigenvalue weighted by Crippen LogP contribution is 2.41. The van der Waals surface area contributed by atoms with Gasteiger partial charge in [0, 0.05) is 12.0 Å². The molecule has 3 aromatic rings. The monoisotopic (exact) mass is 370 g/mol. The second-order valence-corrected chi connectivity index (χ2v) is 7.23. The zero-order valence-electron chi connectivity index (χ0n) is 15.6. The van der Waals surface area contributed by atoms with Gasteiger partial charge in [0.2, 0.25) is 0 Å². The number of hydrogen-bond donors (Lipinski definition) is 0. The van der Waals surface area contributed by atoms with Gasteiger partial charge in [-0.1, -0.05) is 84.9 Å². The van der Waals surface area contributed by atoms with Gasteiger partial charge in [-0.3, -0.25) is 9.59 Å². The first kappa shape index (κ1) is 18.2. The van der Waals surface area contributed by atoms with Crippen molar-refractivity contribution in [3.05, 3.63) is 107 Å². The van der Waals surface area contributed by atoms with Gasteiger partial charge in [0.25, 0.3) is 0 Å². The molecular weight excluding hydrogens is 348 g/mol. The summed E-state index contributed by atoms with van der Waals surface area (Å²) in [6.45, 7) is 0.248. The highest BCUT2D eigenvalue weighted by Gasteiger charge is 2.39. The normalized spacial score (nSPS) is 17.7. The van der Waals surface area contributed by atoms with E-state index in [4.69, 9.17) is 4.74 Å². The average Bonchev–Trinajstić information content (AvgIpc) is 3.11. The first-order valence-corrected chi connectivity index (χ1v) is 9.59. The SMILES string of the molecule is O=C(C[C@H]1Cc2ccccc2C1C(=O)OCc1ccccc1)c1ccccc1. The third-order valence-corrected chi connectivity index (χ3v) is 5.36. The van der Waals surface area contributed by atoms with Crippen LogP contribution in [0.15, 0.2) is 84.9 Å². The van der Waals surface area contributed by atoms with Crippen LogP contribution in [0.2, 0.25) is 0 Å². The molecule has 0 aromatic heterocycles. The zero-order valence-corrected chi connectivity index (χ0v) is 15.6. The van der Waals surface area contributed by atoms with Crippen LogP contribution in [0.25, 0.3) is 0 Å². The van der Waals surface area contributed by atoms with Crippen LogP contribution >= 0.6 is 0 Å². The van der Waals surface area contributed by atoms with E-state index in [1.54, 1.807) is 0 Å². The summed E-state index contributed by atoms with van der Waals surface area (Å²) in [7, 11) is 0. The number of Topliss-reactive ketones (excluding diaryl/α,β-unsaturated/α-hetero) is 1. The van der Waals surface area contributed by atoms with Crippen molar-refractivity contribution in [2.45, 2.75) is 25.4 Å². The molecule has 3 heteroatoms. The molecule has 3 aromatic carbocycles. The van der Waals surface area contributed by atoms with Crippen LogP contribution in [-0.2, 0) is 22.6 Å². The molecule has 140 valence electrons. The standard InChI is InChI=1S/C25H22O3/c26-23(19-11-5-2-6-12-19)16-21-15-20-13-7-8-14-22(20)24(21)25(27)28-17-18-9-3-1-4-10-18/h1-14,21,24H,15-17H2/t21-,24?/m1/s1. The molecule has 0 saturated carbocycles. The first-order chi connectivity index (χ1) is 13.7. The molecule has 28 heavy (non-hydrogen) atoms. The molecule has 0 aliphatic heterocycles. The second kappa shape index (κ2) is 8.22. The Morgan fingerprint density at radius 3 is 2.21 bits per heavy atom. The molecule has 0 radical (unpaired) electrons. The number of ether oxygens (including phenoxy) is 1. The number of fused-ring (bicyclic) bond motifs is 1. The lowest BCUT2D eigenvalue weighted by Gasteiger charge is -2.19. The molecule has 0 heterocycles. The maximum Gasteiger partial charge on any atom is 0.314 e. The van der Waals surface area contributed by atoms with E-state index in [9.17, 15) is 9.59 Å². The number of benzene rings is 3. The number of carbonyl (C=O) groups excluding carboxylic acids is 2. The molecule has 0 amide bonds. The molecule has 3 nitrogen and oxygen atoms in total. The summed E-state index contributed by atoms with van der Waals surface area (Å²) in [6, 6.07) is 26.9. The fourth-order valence-electron chi connectivity index (χ4n) is 3.99. The summed E-state index contributed by atoms with van der Waals surface area (Å²) in [5, 5.41) is 0. The Morgan fingerprint density at radius 2 is 1.46 bits per heavy atom. The summed E-state index contributed by atoms with van der Waals surface area (Å²) >= 11 is 0. The summed E-state index contributed by atoms with van der Waals surface area (Å²) in [4.78, 5) is 25.7. The van der Waals surface area contributed by atoms with E-state index in [1.807, 2.05) is 84.9 Å². The van der Waals surface area contributed by atoms with E-state index in [0.717, 1.165) is 23.1 Å². The molecule has 0 saturated heterocycles. The predicted molar refractivity (Wildman–Crippen MR) is 108 cm³/mol. The van der Waals surface area contributed by atoms with Gasteiger partial charge >= 0.3 is 5.97 Å². The Labute approximate surface area is 165 Å². The fraction of sp³-hybridized carbons (Fsp3) is 0.200. The van der Waals surface area contributed by atoms with E-state index in [1.165, 1.54) is 0 Å². The Hall–Kier alpha value is -3.20. The molecule has 0 spiro atoms. The molecule has 2 atom stereocenters. The second-order valence-electron chi connectivity index (χ2n) is 7.23. The lowest BCUT2D eigenvalue weighted by Crippen LogP contribution is -2.23. The minimum absolute atomic E-state index is 0.0688. The maximum atomic E-state index is 13.0. The van der Waals surface area contributed by atoms with E-state index >= 15 is 0 Å². The summed E-state index contributed by atoms with van der Waals surface area (Å²) < 4.78 is 5.64. The minimum Gasteiger partial charge on any atom is -0.460 e. The van der Waals surface area contributed by atoms with Gasteiger partial charge in [-0.2, -0.15) is 0 Å². The van der Waals surface area contributed by atoms with E-state index in [2.05, 4.69) is 0 Å². The van der Waals surface area contributed by atoms with Crippen LogP contribution in [0.5, 0.6) is 0 Å². The molecule has 1 aliphatic carbocycles. The molecule has 4 rings (SSSR count). The van der Waals surface area contributed by atoms with Crippen molar-refractivity contribution in [2.24, 2.45) is 5.92 Å². The Bertz CT molecular complexity index is 963. The lowest BCUT2D eigenvalue weighted by atomic mass is 9.87. The summed E-state index contributed by atoms with van der Waals surface area (Å²) in [5.74, 6) is -0.653. The van der Waals surface area contributed by atoms with Gasteiger partial charge in [-0.05, 0) is 29.0 Å². The highest BCUT2D eigenvalue weighted by molar-refractivity contribution is 5.96. The smallest absolute Gasteiger partial charge is 0.314 e. The van der Waals surface area contributed by atoms with Crippen LogP contribution in [-0.4, -0.2) is 11.8 Å². The molecular formula is C25H22O3. The molecule has 0 fully saturated rings. The summed E-state index contributed by atoms with van der Waals surface area (Å²) in [6.07, 6.45) is 1.06. The first-order valence-electron chi connectivity index (χ1n) is 9.59. The Morgan fingerprint density at radius 1 is 0.821 bits per heavy atom. The third-order valence-electron chi connectivity index (χ3n) is 5.36. The van der Waals surface area contributed by atoms with Crippen LogP contribution in [0.1, 0.15) is 39.4 Å². The van der Waals surface area contributed by atoms with Crippen molar-refractivity contribution < 1.29 is 14.3 Å². The van der Waals surface area contributed by atoms with Gasteiger partial charge < -0.3 is 4.74 Å². The predicted octanol–water partition coefficient (Wildman–Crippen LogP) is 4.96. The van der Waals surface area contributed by atoms with E-state index < -0.39 is 5.92 Å². The van der Waals surface area contributed by atoms with Crippen LogP contribution in [0.4, 0.5) is 0 Å². The Kier molecular flexibility index (Phi) is 5.34. The van der Waals surface area contributed by atoms with Gasteiger partial charge in [0.15, 0.2) is 5.78 Å². The van der Waals surface area contributed by atoms with Crippen molar-refractivity contribution in [3.8, 4) is 0 Å². The molecule has 1 aliphatic rings. The number of rotatable bonds is 6. The number of hydrogen-bond acceptors (Lipinski definition) is 3. The van der Waals surface area contributed by atoms with Crippen LogP contribution in [0, 0.1) is 5.92 Å². The lowest BCUT2D eigenvalue weighted by molar-refractivity contribution is -0.147. The van der Waals surface area contributed by atoms with Crippen molar-refractivity contribution in [2.75, 3.05) is 0 Å². The van der Waals surface area contributed by atoms with E-state index in [0.29, 0.717) is 12.0 Å². The Balaban J connectivity index is 1.52. The summed E-state index contributed by atoms with van der Waals surface area (Å²) in [5.41, 5.74) is 3.77. The van der Waals surface area contributed by atoms with Gasteiger partial charge in [-0.15, -0.1) is 0 Å². The zero-order chi connectivity index (χ0) is 19.3. The number of ketones is 1.